The van der Waals surface area contributed by atoms with Gasteiger partial charge in [-0.05, 0) is 19.1 Å². The summed E-state index contributed by atoms with van der Waals surface area (Å²) in [4.78, 5) is 8.01. The van der Waals surface area contributed by atoms with E-state index in [2.05, 4.69) is 15.1 Å². The molecular weight excluding hydrogens is 234 g/mol. The van der Waals surface area contributed by atoms with Crippen LogP contribution in [0.4, 0.5) is 0 Å². The molecule has 3 aromatic heterocycles. The molecule has 6 heteroatoms. The summed E-state index contributed by atoms with van der Waals surface area (Å²) in [6, 6.07) is 3.37. The molecule has 90 valence electrons. The number of nitrogens with zero attached hydrogens (tertiary/aromatic N) is 3. The summed E-state index contributed by atoms with van der Waals surface area (Å²) in [5.74, 6) is 1.37. The second kappa shape index (κ2) is 3.99. The summed E-state index contributed by atoms with van der Waals surface area (Å²) in [6.07, 6.45) is 4.43. The summed E-state index contributed by atoms with van der Waals surface area (Å²) in [6.45, 7) is 1.81. The number of furan rings is 1. The molecule has 0 aliphatic carbocycles. The summed E-state index contributed by atoms with van der Waals surface area (Å²) in [5.41, 5.74) is 1.21. The molecule has 0 aliphatic rings. The zero-order valence-electron chi connectivity index (χ0n) is 9.49. The van der Waals surface area contributed by atoms with Crippen LogP contribution in [0.5, 0.6) is 5.75 Å². The third-order valence-electron chi connectivity index (χ3n) is 2.56. The molecular formula is C12H9N3O3. The molecule has 18 heavy (non-hydrogen) atoms. The maximum Gasteiger partial charge on any atom is 0.262 e. The minimum atomic E-state index is -0.00313. The topological polar surface area (TPSA) is 85.2 Å². The number of aryl methyl sites for hydroxylation is 1. The lowest BCUT2D eigenvalue weighted by atomic mass is 10.2. The predicted molar refractivity (Wildman–Crippen MR) is 61.6 cm³/mol. The van der Waals surface area contributed by atoms with E-state index in [9.17, 15) is 5.11 Å². The van der Waals surface area contributed by atoms with Crippen LogP contribution in [0.1, 0.15) is 5.76 Å². The second-order valence-corrected chi connectivity index (χ2v) is 3.71. The first-order chi connectivity index (χ1) is 8.75. The lowest BCUT2D eigenvalue weighted by Crippen LogP contribution is -1.82. The number of aromatic nitrogens is 3. The molecule has 0 saturated heterocycles. The standard InChI is InChI=1S/C12H9N3O3/c1-7-8(3-5-17-7)11-14-12(18-15-11)9-2-4-13-6-10(9)16/h2-6,16H,1H3. The molecule has 0 fully saturated rings. The van der Waals surface area contributed by atoms with E-state index >= 15 is 0 Å². The van der Waals surface area contributed by atoms with E-state index in [1.54, 1.807) is 24.6 Å². The molecule has 0 radical (unpaired) electrons. The number of hydrogen-bond donors (Lipinski definition) is 1. The monoisotopic (exact) mass is 243 g/mol. The van der Waals surface area contributed by atoms with Gasteiger partial charge in [-0.25, -0.2) is 0 Å². The fraction of sp³-hybridized carbons (Fsp3) is 0.0833. The van der Waals surface area contributed by atoms with Crippen LogP contribution in [-0.2, 0) is 0 Å². The van der Waals surface area contributed by atoms with Gasteiger partial charge < -0.3 is 14.0 Å². The van der Waals surface area contributed by atoms with Crippen LogP contribution >= 0.6 is 0 Å². The van der Waals surface area contributed by atoms with Crippen LogP contribution < -0.4 is 0 Å². The van der Waals surface area contributed by atoms with Crippen molar-refractivity contribution < 1.29 is 14.0 Å². The van der Waals surface area contributed by atoms with Crippen LogP contribution in [-0.4, -0.2) is 20.2 Å². The van der Waals surface area contributed by atoms with Crippen molar-refractivity contribution in [1.29, 1.82) is 0 Å². The van der Waals surface area contributed by atoms with E-state index < -0.39 is 0 Å². The quantitative estimate of drug-likeness (QED) is 0.743. The molecule has 0 bridgehead atoms. The number of pyridine rings is 1. The minimum Gasteiger partial charge on any atom is -0.505 e. The average Bonchev–Trinajstić information content (AvgIpc) is 2.98. The molecule has 1 N–H and O–H groups in total. The van der Waals surface area contributed by atoms with Gasteiger partial charge >= 0.3 is 0 Å². The van der Waals surface area contributed by atoms with Crippen molar-refractivity contribution in [3.8, 4) is 28.6 Å². The molecule has 0 aromatic carbocycles. The van der Waals surface area contributed by atoms with Crippen molar-refractivity contribution >= 4 is 0 Å². The normalized spacial score (nSPS) is 10.7. The summed E-state index contributed by atoms with van der Waals surface area (Å²) in [5, 5.41) is 13.5. The highest BCUT2D eigenvalue weighted by atomic mass is 16.5. The number of rotatable bonds is 2. The Balaban J connectivity index is 2.05. The van der Waals surface area contributed by atoms with Crippen molar-refractivity contribution in [3.05, 3.63) is 36.5 Å². The van der Waals surface area contributed by atoms with Crippen molar-refractivity contribution in [2.24, 2.45) is 0 Å². The van der Waals surface area contributed by atoms with Crippen molar-refractivity contribution in [3.63, 3.8) is 0 Å². The third kappa shape index (κ3) is 1.64. The Labute approximate surface area is 102 Å². The molecule has 6 nitrogen and oxygen atoms in total. The van der Waals surface area contributed by atoms with Crippen molar-refractivity contribution in [1.82, 2.24) is 15.1 Å². The molecule has 0 atom stereocenters. The Morgan fingerprint density at radius 3 is 2.83 bits per heavy atom. The maximum absolute atomic E-state index is 9.65. The first-order valence-corrected chi connectivity index (χ1v) is 5.27. The van der Waals surface area contributed by atoms with Crippen molar-refractivity contribution in [2.75, 3.05) is 0 Å². The highest BCUT2D eigenvalue weighted by molar-refractivity contribution is 5.64. The lowest BCUT2D eigenvalue weighted by molar-refractivity contribution is 0.425. The molecule has 0 amide bonds. The largest absolute Gasteiger partial charge is 0.505 e. The molecule has 0 aliphatic heterocycles. The summed E-state index contributed by atoms with van der Waals surface area (Å²) < 4.78 is 10.3. The van der Waals surface area contributed by atoms with Gasteiger partial charge in [-0.15, -0.1) is 0 Å². The van der Waals surface area contributed by atoms with E-state index in [0.717, 1.165) is 5.56 Å². The van der Waals surface area contributed by atoms with Crippen LogP contribution in [0, 0.1) is 6.92 Å². The fourth-order valence-electron chi connectivity index (χ4n) is 1.63. The molecule has 3 aromatic rings. The number of aromatic hydroxyl groups is 1. The van der Waals surface area contributed by atoms with Gasteiger partial charge in [-0.2, -0.15) is 4.98 Å². The molecule has 3 heterocycles. The maximum atomic E-state index is 9.65. The molecule has 0 spiro atoms. The van der Waals surface area contributed by atoms with Gasteiger partial charge in [0.05, 0.1) is 23.6 Å². The van der Waals surface area contributed by atoms with Crippen LogP contribution in [0.3, 0.4) is 0 Å². The lowest BCUT2D eigenvalue weighted by Gasteiger charge is -1.95. The molecule has 3 rings (SSSR count). The van der Waals surface area contributed by atoms with E-state index in [1.165, 1.54) is 6.20 Å². The third-order valence-corrected chi connectivity index (χ3v) is 2.56. The van der Waals surface area contributed by atoms with E-state index in [1.807, 2.05) is 6.92 Å². The zero-order chi connectivity index (χ0) is 12.5. The van der Waals surface area contributed by atoms with Gasteiger partial charge in [0.2, 0.25) is 5.82 Å². The minimum absolute atomic E-state index is 0.00313. The highest BCUT2D eigenvalue weighted by Crippen LogP contribution is 2.29. The van der Waals surface area contributed by atoms with E-state index in [-0.39, 0.29) is 11.6 Å². The average molecular weight is 243 g/mol. The van der Waals surface area contributed by atoms with E-state index in [4.69, 9.17) is 8.94 Å². The summed E-state index contributed by atoms with van der Waals surface area (Å²) in [7, 11) is 0. The number of hydrogen-bond acceptors (Lipinski definition) is 6. The van der Waals surface area contributed by atoms with Gasteiger partial charge in [-0.1, -0.05) is 5.16 Å². The summed E-state index contributed by atoms with van der Waals surface area (Å²) >= 11 is 0. The van der Waals surface area contributed by atoms with Crippen molar-refractivity contribution in [2.45, 2.75) is 6.92 Å². The van der Waals surface area contributed by atoms with Gasteiger partial charge in [0, 0.05) is 6.20 Å². The van der Waals surface area contributed by atoms with Gasteiger partial charge in [0.25, 0.3) is 5.89 Å². The Morgan fingerprint density at radius 1 is 1.22 bits per heavy atom. The van der Waals surface area contributed by atoms with Gasteiger partial charge in [0.15, 0.2) is 0 Å². The van der Waals surface area contributed by atoms with E-state index in [0.29, 0.717) is 17.1 Å². The fourth-order valence-corrected chi connectivity index (χ4v) is 1.63. The first-order valence-electron chi connectivity index (χ1n) is 5.27. The van der Waals surface area contributed by atoms with Crippen LogP contribution in [0.15, 0.2) is 39.7 Å². The highest BCUT2D eigenvalue weighted by Gasteiger charge is 2.15. The van der Waals surface area contributed by atoms with Gasteiger partial charge in [-0.3, -0.25) is 4.98 Å². The Bertz CT molecular complexity index is 687. The SMILES string of the molecule is Cc1occc1-c1noc(-c2ccncc2O)n1. The molecule has 0 unspecified atom stereocenters. The van der Waals surface area contributed by atoms with Gasteiger partial charge in [0.1, 0.15) is 11.5 Å². The Hall–Kier alpha value is -2.63. The first kappa shape index (κ1) is 10.5. The predicted octanol–water partition coefficient (Wildman–Crippen LogP) is 2.41. The Kier molecular flexibility index (Phi) is 2.33. The smallest absolute Gasteiger partial charge is 0.262 e. The molecule has 0 saturated carbocycles. The zero-order valence-corrected chi connectivity index (χ0v) is 9.49. The van der Waals surface area contributed by atoms with Crippen LogP contribution in [0.2, 0.25) is 0 Å². The second-order valence-electron chi connectivity index (χ2n) is 3.71. The van der Waals surface area contributed by atoms with Crippen LogP contribution in [0.25, 0.3) is 22.8 Å². The Morgan fingerprint density at radius 2 is 2.11 bits per heavy atom.